The van der Waals surface area contributed by atoms with Crippen molar-refractivity contribution in [2.24, 2.45) is 0 Å². The lowest BCUT2D eigenvalue weighted by Crippen LogP contribution is -2.33. The van der Waals surface area contributed by atoms with Gasteiger partial charge in [0.25, 0.3) is 0 Å². The number of imidazole rings is 1. The van der Waals surface area contributed by atoms with Crippen LogP contribution in [0.2, 0.25) is 0 Å². The lowest BCUT2D eigenvalue weighted by Gasteiger charge is -2.26. The predicted molar refractivity (Wildman–Crippen MR) is 108 cm³/mol. The van der Waals surface area contributed by atoms with Crippen molar-refractivity contribution in [2.45, 2.75) is 17.6 Å². The number of amides is 1. The topological polar surface area (TPSA) is 65.4 Å². The summed E-state index contributed by atoms with van der Waals surface area (Å²) in [4.78, 5) is 16.9. The normalized spacial score (nSPS) is 15.4. The van der Waals surface area contributed by atoms with Crippen molar-refractivity contribution in [2.75, 3.05) is 19.5 Å². The maximum Gasteiger partial charge on any atom is 0.230 e. The fourth-order valence-corrected chi connectivity index (χ4v) is 4.00. The summed E-state index contributed by atoms with van der Waals surface area (Å²) in [5.74, 6) is 1.89. The van der Waals surface area contributed by atoms with Crippen LogP contribution in [0, 0.1) is 0 Å². The first-order chi connectivity index (χ1) is 13.7. The highest BCUT2D eigenvalue weighted by atomic mass is 32.2. The van der Waals surface area contributed by atoms with Crippen LogP contribution in [0.4, 0.5) is 0 Å². The SMILES string of the molecule is COc1cccc(-n2ccnc2SCC(=O)N[C@@H]2CCOc3ccccc32)c1. The maximum absolute atomic E-state index is 12.5. The molecule has 1 aliphatic rings. The van der Waals surface area contributed by atoms with Crippen molar-refractivity contribution >= 4 is 17.7 Å². The van der Waals surface area contributed by atoms with E-state index < -0.39 is 0 Å². The number of benzene rings is 2. The molecule has 2 aromatic carbocycles. The van der Waals surface area contributed by atoms with Gasteiger partial charge in [0.2, 0.25) is 5.91 Å². The van der Waals surface area contributed by atoms with Gasteiger partial charge in [0, 0.05) is 30.4 Å². The van der Waals surface area contributed by atoms with E-state index in [0.717, 1.165) is 34.3 Å². The molecule has 0 bridgehead atoms. The van der Waals surface area contributed by atoms with Gasteiger partial charge in [0.1, 0.15) is 11.5 Å². The number of hydrogen-bond acceptors (Lipinski definition) is 5. The van der Waals surface area contributed by atoms with Crippen LogP contribution >= 0.6 is 11.8 Å². The quantitative estimate of drug-likeness (QED) is 0.646. The van der Waals surface area contributed by atoms with Crippen LogP contribution in [0.5, 0.6) is 11.5 Å². The molecule has 1 N–H and O–H groups in total. The van der Waals surface area contributed by atoms with Gasteiger partial charge in [-0.25, -0.2) is 4.98 Å². The number of methoxy groups -OCH3 is 1. The molecule has 4 rings (SSSR count). The zero-order valence-corrected chi connectivity index (χ0v) is 16.3. The second-order valence-corrected chi connectivity index (χ2v) is 7.31. The van der Waals surface area contributed by atoms with Gasteiger partial charge in [-0.05, 0) is 18.2 Å². The first-order valence-electron chi connectivity index (χ1n) is 9.06. The van der Waals surface area contributed by atoms with E-state index >= 15 is 0 Å². The van der Waals surface area contributed by atoms with E-state index in [-0.39, 0.29) is 11.9 Å². The summed E-state index contributed by atoms with van der Waals surface area (Å²) in [7, 11) is 1.64. The molecule has 0 saturated carbocycles. The molecule has 1 aromatic heterocycles. The maximum atomic E-state index is 12.5. The van der Waals surface area contributed by atoms with Crippen LogP contribution in [0.3, 0.4) is 0 Å². The molecule has 0 unspecified atom stereocenters. The molecule has 28 heavy (non-hydrogen) atoms. The van der Waals surface area contributed by atoms with Crippen molar-refractivity contribution in [3.8, 4) is 17.2 Å². The molecule has 0 fully saturated rings. The molecule has 0 saturated heterocycles. The Morgan fingerprint density at radius 1 is 1.32 bits per heavy atom. The van der Waals surface area contributed by atoms with Crippen LogP contribution in [0.15, 0.2) is 66.1 Å². The molecule has 7 heteroatoms. The highest BCUT2D eigenvalue weighted by Gasteiger charge is 2.22. The summed E-state index contributed by atoms with van der Waals surface area (Å²) in [6.45, 7) is 0.606. The number of hydrogen-bond donors (Lipinski definition) is 1. The Kier molecular flexibility index (Phi) is 5.53. The third-order valence-corrected chi connectivity index (χ3v) is 5.53. The third-order valence-electron chi connectivity index (χ3n) is 4.56. The summed E-state index contributed by atoms with van der Waals surface area (Å²) >= 11 is 1.41. The van der Waals surface area contributed by atoms with Gasteiger partial charge in [-0.2, -0.15) is 0 Å². The van der Waals surface area contributed by atoms with E-state index in [1.807, 2.05) is 59.3 Å². The van der Waals surface area contributed by atoms with Crippen LogP contribution in [-0.2, 0) is 4.79 Å². The zero-order chi connectivity index (χ0) is 19.3. The van der Waals surface area contributed by atoms with Crippen LogP contribution in [0.25, 0.3) is 5.69 Å². The Bertz CT molecular complexity index is 973. The first kappa shape index (κ1) is 18.4. The summed E-state index contributed by atoms with van der Waals surface area (Å²) in [6, 6.07) is 15.6. The van der Waals surface area contributed by atoms with Crippen LogP contribution in [0.1, 0.15) is 18.0 Å². The third kappa shape index (κ3) is 3.99. The number of carbonyl (C=O) groups excluding carboxylic acids is 1. The average molecular weight is 395 g/mol. The van der Waals surface area contributed by atoms with Crippen molar-refractivity contribution in [3.63, 3.8) is 0 Å². The summed E-state index contributed by atoms with van der Waals surface area (Å²) < 4.78 is 12.9. The fraction of sp³-hybridized carbons (Fsp3) is 0.238. The van der Waals surface area contributed by atoms with Gasteiger partial charge in [-0.1, -0.05) is 36.0 Å². The highest BCUT2D eigenvalue weighted by molar-refractivity contribution is 7.99. The molecular formula is C21H21N3O3S. The zero-order valence-electron chi connectivity index (χ0n) is 15.5. The van der Waals surface area contributed by atoms with E-state index in [2.05, 4.69) is 10.3 Å². The molecule has 1 aliphatic heterocycles. The smallest absolute Gasteiger partial charge is 0.230 e. The molecular weight excluding hydrogens is 374 g/mol. The summed E-state index contributed by atoms with van der Waals surface area (Å²) in [5, 5.41) is 3.88. The molecule has 144 valence electrons. The largest absolute Gasteiger partial charge is 0.497 e. The van der Waals surface area contributed by atoms with E-state index in [0.29, 0.717) is 12.4 Å². The van der Waals surface area contributed by atoms with Gasteiger partial charge in [-0.15, -0.1) is 0 Å². The Morgan fingerprint density at radius 2 is 2.21 bits per heavy atom. The minimum absolute atomic E-state index is 0.0174. The second kappa shape index (κ2) is 8.39. The van der Waals surface area contributed by atoms with Crippen LogP contribution in [-0.4, -0.2) is 34.9 Å². The number of para-hydroxylation sites is 1. The molecule has 3 aromatic rings. The van der Waals surface area contributed by atoms with Crippen molar-refractivity contribution < 1.29 is 14.3 Å². The van der Waals surface area contributed by atoms with Gasteiger partial charge in [0.15, 0.2) is 5.16 Å². The lowest BCUT2D eigenvalue weighted by molar-refractivity contribution is -0.119. The van der Waals surface area contributed by atoms with Crippen molar-refractivity contribution in [1.29, 1.82) is 0 Å². The van der Waals surface area contributed by atoms with Crippen LogP contribution < -0.4 is 14.8 Å². The van der Waals surface area contributed by atoms with Gasteiger partial charge in [0.05, 0.1) is 31.2 Å². The van der Waals surface area contributed by atoms with Gasteiger partial charge in [-0.3, -0.25) is 9.36 Å². The van der Waals surface area contributed by atoms with E-state index in [4.69, 9.17) is 9.47 Å². The molecule has 6 nitrogen and oxygen atoms in total. The van der Waals surface area contributed by atoms with E-state index in [1.165, 1.54) is 11.8 Å². The lowest BCUT2D eigenvalue weighted by atomic mass is 10.0. The highest BCUT2D eigenvalue weighted by Crippen LogP contribution is 2.31. The average Bonchev–Trinajstić information content (AvgIpc) is 3.21. The number of carbonyl (C=O) groups is 1. The Balaban J connectivity index is 1.41. The number of nitrogens with zero attached hydrogens (tertiary/aromatic N) is 2. The molecule has 1 atom stereocenters. The number of aromatic nitrogens is 2. The minimum atomic E-state index is -0.0214. The van der Waals surface area contributed by atoms with Crippen molar-refractivity contribution in [1.82, 2.24) is 14.9 Å². The van der Waals surface area contributed by atoms with E-state index in [1.54, 1.807) is 13.3 Å². The number of nitrogens with one attached hydrogen (secondary N) is 1. The number of fused-ring (bicyclic) bond motifs is 1. The molecule has 1 amide bonds. The Hall–Kier alpha value is -2.93. The Labute approximate surface area is 167 Å². The summed E-state index contributed by atoms with van der Waals surface area (Å²) in [6.07, 6.45) is 4.38. The van der Waals surface area contributed by atoms with Gasteiger partial charge < -0.3 is 14.8 Å². The molecule has 0 spiro atoms. The molecule has 2 heterocycles. The minimum Gasteiger partial charge on any atom is -0.497 e. The summed E-state index contributed by atoms with van der Waals surface area (Å²) in [5.41, 5.74) is 1.98. The van der Waals surface area contributed by atoms with Crippen molar-refractivity contribution in [3.05, 3.63) is 66.5 Å². The standard InChI is InChI=1S/C21H21N3O3S/c1-26-16-6-4-5-15(13-16)24-11-10-22-21(24)28-14-20(25)23-18-9-12-27-19-8-3-2-7-17(18)19/h2-8,10-11,13,18H,9,12,14H2,1H3,(H,23,25)/t18-/m1/s1. The Morgan fingerprint density at radius 3 is 3.11 bits per heavy atom. The second-order valence-electron chi connectivity index (χ2n) is 6.37. The monoisotopic (exact) mass is 395 g/mol. The number of rotatable bonds is 6. The first-order valence-corrected chi connectivity index (χ1v) is 10.0. The van der Waals surface area contributed by atoms with E-state index in [9.17, 15) is 4.79 Å². The number of thioether (sulfide) groups is 1. The number of ether oxygens (including phenoxy) is 2. The van der Waals surface area contributed by atoms with Gasteiger partial charge >= 0.3 is 0 Å². The predicted octanol–water partition coefficient (Wildman–Crippen LogP) is 3.61. The fourth-order valence-electron chi connectivity index (χ4n) is 3.21. The molecule has 0 radical (unpaired) electrons. The molecule has 0 aliphatic carbocycles.